The van der Waals surface area contributed by atoms with Gasteiger partial charge in [0.25, 0.3) is 5.91 Å². The molecular formula is C15H14N4OS. The van der Waals surface area contributed by atoms with E-state index in [4.69, 9.17) is 0 Å². The van der Waals surface area contributed by atoms with Crippen LogP contribution >= 0.6 is 11.3 Å². The number of carbonyl (C=O) groups is 1. The third-order valence-electron chi connectivity index (χ3n) is 3.07. The number of pyridine rings is 1. The standard InChI is InChI=1S/C15H14N4OS/c1-19(10-11-4-2-6-16-9-11)15(20)13-8-12(17-18-13)14-5-3-7-21-14/h2-9H,10H2,1H3,(H,17,18). The third kappa shape index (κ3) is 3.00. The molecule has 0 radical (unpaired) electrons. The smallest absolute Gasteiger partial charge is 0.274 e. The van der Waals surface area contributed by atoms with Crippen LogP contribution in [0.1, 0.15) is 16.1 Å². The summed E-state index contributed by atoms with van der Waals surface area (Å²) in [4.78, 5) is 19.1. The highest BCUT2D eigenvalue weighted by Crippen LogP contribution is 2.23. The minimum atomic E-state index is -0.113. The molecule has 0 atom stereocenters. The number of carbonyl (C=O) groups excluding carboxylic acids is 1. The predicted octanol–water partition coefficient (Wildman–Crippen LogP) is 2.81. The average molecular weight is 298 g/mol. The molecule has 0 aliphatic heterocycles. The molecule has 5 nitrogen and oxygen atoms in total. The van der Waals surface area contributed by atoms with Gasteiger partial charge in [0.05, 0.1) is 10.6 Å². The molecular weight excluding hydrogens is 284 g/mol. The molecule has 0 spiro atoms. The van der Waals surface area contributed by atoms with Gasteiger partial charge in [0.15, 0.2) is 5.69 Å². The van der Waals surface area contributed by atoms with Gasteiger partial charge in [-0.1, -0.05) is 12.1 Å². The normalized spacial score (nSPS) is 10.5. The average Bonchev–Trinajstić information content (AvgIpc) is 3.18. The van der Waals surface area contributed by atoms with Crippen molar-refractivity contribution in [3.05, 3.63) is 59.4 Å². The first-order valence-corrected chi connectivity index (χ1v) is 7.35. The largest absolute Gasteiger partial charge is 0.336 e. The molecule has 0 aliphatic carbocycles. The zero-order valence-corrected chi connectivity index (χ0v) is 12.3. The third-order valence-corrected chi connectivity index (χ3v) is 3.98. The Labute approximate surface area is 126 Å². The van der Waals surface area contributed by atoms with Crippen LogP contribution in [0.2, 0.25) is 0 Å². The number of aromatic nitrogens is 3. The van der Waals surface area contributed by atoms with Gasteiger partial charge in [-0.15, -0.1) is 11.3 Å². The molecule has 21 heavy (non-hydrogen) atoms. The summed E-state index contributed by atoms with van der Waals surface area (Å²) in [7, 11) is 1.76. The number of hydrogen-bond acceptors (Lipinski definition) is 4. The molecule has 106 valence electrons. The fraction of sp³-hybridized carbons (Fsp3) is 0.133. The Morgan fingerprint density at radius 2 is 2.29 bits per heavy atom. The van der Waals surface area contributed by atoms with Gasteiger partial charge < -0.3 is 4.90 Å². The van der Waals surface area contributed by atoms with Crippen LogP contribution in [0.15, 0.2) is 48.1 Å². The van der Waals surface area contributed by atoms with Crippen LogP contribution in [0.4, 0.5) is 0 Å². The van der Waals surface area contributed by atoms with E-state index in [1.165, 1.54) is 0 Å². The molecule has 0 unspecified atom stereocenters. The number of hydrogen-bond donors (Lipinski definition) is 1. The summed E-state index contributed by atoms with van der Waals surface area (Å²) in [5.74, 6) is -0.113. The van der Waals surface area contributed by atoms with Gasteiger partial charge in [0.2, 0.25) is 0 Å². The number of H-pyrrole nitrogens is 1. The summed E-state index contributed by atoms with van der Waals surface area (Å²) in [6.07, 6.45) is 3.47. The fourth-order valence-electron chi connectivity index (χ4n) is 2.02. The molecule has 3 aromatic rings. The maximum absolute atomic E-state index is 12.4. The highest BCUT2D eigenvalue weighted by molar-refractivity contribution is 7.13. The first-order chi connectivity index (χ1) is 10.2. The Bertz CT molecular complexity index is 721. The molecule has 3 heterocycles. The molecule has 0 saturated heterocycles. The number of rotatable bonds is 4. The van der Waals surface area contributed by atoms with E-state index in [2.05, 4.69) is 15.2 Å². The molecule has 0 aromatic carbocycles. The van der Waals surface area contributed by atoms with Gasteiger partial charge in [-0.2, -0.15) is 5.10 Å². The Morgan fingerprint density at radius 3 is 3.00 bits per heavy atom. The fourth-order valence-corrected chi connectivity index (χ4v) is 2.71. The van der Waals surface area contributed by atoms with Gasteiger partial charge in [-0.05, 0) is 29.1 Å². The summed E-state index contributed by atoms with van der Waals surface area (Å²) in [5, 5.41) is 9.01. The Morgan fingerprint density at radius 1 is 1.38 bits per heavy atom. The van der Waals surface area contributed by atoms with Gasteiger partial charge >= 0.3 is 0 Å². The van der Waals surface area contributed by atoms with Gasteiger partial charge in [0, 0.05) is 26.0 Å². The predicted molar refractivity (Wildman–Crippen MR) is 81.9 cm³/mol. The van der Waals surface area contributed by atoms with Crippen molar-refractivity contribution >= 4 is 17.2 Å². The zero-order valence-electron chi connectivity index (χ0n) is 11.5. The Kier molecular flexibility index (Phi) is 3.79. The van der Waals surface area contributed by atoms with Gasteiger partial charge in [0.1, 0.15) is 0 Å². The van der Waals surface area contributed by atoms with Crippen LogP contribution < -0.4 is 0 Å². The molecule has 0 bridgehead atoms. The van der Waals surface area contributed by atoms with Crippen LogP contribution in [0, 0.1) is 0 Å². The van der Waals surface area contributed by atoms with E-state index in [0.29, 0.717) is 12.2 Å². The van der Waals surface area contributed by atoms with Crippen LogP contribution in [-0.4, -0.2) is 33.0 Å². The van der Waals surface area contributed by atoms with Gasteiger partial charge in [-0.3, -0.25) is 14.9 Å². The zero-order chi connectivity index (χ0) is 14.7. The van der Waals surface area contributed by atoms with Crippen molar-refractivity contribution in [1.82, 2.24) is 20.1 Å². The maximum atomic E-state index is 12.4. The lowest BCUT2D eigenvalue weighted by Gasteiger charge is -2.15. The maximum Gasteiger partial charge on any atom is 0.274 e. The second-order valence-corrected chi connectivity index (χ2v) is 5.61. The first-order valence-electron chi connectivity index (χ1n) is 6.47. The van der Waals surface area contributed by atoms with E-state index in [-0.39, 0.29) is 5.91 Å². The minimum Gasteiger partial charge on any atom is -0.336 e. The topological polar surface area (TPSA) is 61.9 Å². The van der Waals surface area contributed by atoms with Crippen molar-refractivity contribution in [3.63, 3.8) is 0 Å². The second-order valence-electron chi connectivity index (χ2n) is 4.67. The molecule has 0 aliphatic rings. The minimum absolute atomic E-state index is 0.113. The number of thiophene rings is 1. The highest BCUT2D eigenvalue weighted by atomic mass is 32.1. The molecule has 1 N–H and O–H groups in total. The summed E-state index contributed by atoms with van der Waals surface area (Å²) >= 11 is 1.61. The van der Waals surface area contributed by atoms with Crippen LogP contribution in [0.5, 0.6) is 0 Å². The van der Waals surface area contributed by atoms with Crippen LogP contribution in [0.3, 0.4) is 0 Å². The SMILES string of the molecule is CN(Cc1cccnc1)C(=O)c1cc(-c2cccs2)[nH]n1. The molecule has 3 aromatic heterocycles. The number of amides is 1. The molecule has 6 heteroatoms. The van der Waals surface area contributed by atoms with E-state index >= 15 is 0 Å². The van der Waals surface area contributed by atoms with Crippen molar-refractivity contribution in [2.75, 3.05) is 7.05 Å². The Balaban J connectivity index is 1.73. The summed E-state index contributed by atoms with van der Waals surface area (Å²) in [5.41, 5.74) is 2.27. The van der Waals surface area contributed by atoms with Crippen molar-refractivity contribution in [1.29, 1.82) is 0 Å². The monoisotopic (exact) mass is 298 g/mol. The highest BCUT2D eigenvalue weighted by Gasteiger charge is 2.16. The second kappa shape index (κ2) is 5.88. The molecule has 0 saturated carbocycles. The number of nitrogens with one attached hydrogen (secondary N) is 1. The van der Waals surface area contributed by atoms with E-state index in [1.54, 1.807) is 41.7 Å². The van der Waals surface area contributed by atoms with Crippen LogP contribution in [-0.2, 0) is 6.54 Å². The summed E-state index contributed by atoms with van der Waals surface area (Å²) in [6.45, 7) is 0.508. The first kappa shape index (κ1) is 13.5. The molecule has 1 amide bonds. The number of nitrogens with zero attached hydrogens (tertiary/aromatic N) is 3. The van der Waals surface area contributed by atoms with E-state index < -0.39 is 0 Å². The summed E-state index contributed by atoms with van der Waals surface area (Å²) in [6, 6.07) is 9.55. The quantitative estimate of drug-likeness (QED) is 0.805. The van der Waals surface area contributed by atoms with E-state index in [9.17, 15) is 4.79 Å². The number of aromatic amines is 1. The lowest BCUT2D eigenvalue weighted by Crippen LogP contribution is -2.26. The molecule has 0 fully saturated rings. The van der Waals surface area contributed by atoms with Crippen molar-refractivity contribution in [2.45, 2.75) is 6.54 Å². The van der Waals surface area contributed by atoms with Crippen molar-refractivity contribution < 1.29 is 4.79 Å². The van der Waals surface area contributed by atoms with Gasteiger partial charge in [-0.25, -0.2) is 0 Å². The Hall–Kier alpha value is -2.47. The van der Waals surface area contributed by atoms with Crippen molar-refractivity contribution in [2.24, 2.45) is 0 Å². The van der Waals surface area contributed by atoms with E-state index in [1.807, 2.05) is 29.6 Å². The summed E-state index contributed by atoms with van der Waals surface area (Å²) < 4.78 is 0. The van der Waals surface area contributed by atoms with E-state index in [0.717, 1.165) is 16.1 Å². The van der Waals surface area contributed by atoms with Crippen LogP contribution in [0.25, 0.3) is 10.6 Å². The van der Waals surface area contributed by atoms with Crippen molar-refractivity contribution in [3.8, 4) is 10.6 Å². The molecule has 3 rings (SSSR count). The lowest BCUT2D eigenvalue weighted by atomic mass is 10.2. The lowest BCUT2D eigenvalue weighted by molar-refractivity contribution is 0.0779.